The first-order chi connectivity index (χ1) is 9.89. The van der Waals surface area contributed by atoms with Crippen LogP contribution in [-0.2, 0) is 14.3 Å². The van der Waals surface area contributed by atoms with Gasteiger partial charge in [-0.05, 0) is 46.5 Å². The smallest absolute Gasteiger partial charge is 0.302 e. The molecule has 2 rings (SSSR count). The van der Waals surface area contributed by atoms with Crippen LogP contribution in [0.25, 0.3) is 0 Å². The Morgan fingerprint density at radius 2 is 1.86 bits per heavy atom. The number of Topliss-reactive ketones (excluding diaryl/α,β-unsaturated/α-hetero) is 1. The quantitative estimate of drug-likeness (QED) is 0.760. The molecule has 0 aromatic heterocycles. The van der Waals surface area contributed by atoms with E-state index in [9.17, 15) is 19.8 Å². The van der Waals surface area contributed by atoms with E-state index < -0.39 is 28.5 Å². The minimum atomic E-state index is -1.13. The molecule has 22 heavy (non-hydrogen) atoms. The fourth-order valence-corrected chi connectivity index (χ4v) is 4.62. The third-order valence-electron chi connectivity index (χ3n) is 5.69. The molecule has 2 N–H and O–H groups in total. The second-order valence-electron chi connectivity index (χ2n) is 8.08. The fourth-order valence-electron chi connectivity index (χ4n) is 4.62. The van der Waals surface area contributed by atoms with Crippen molar-refractivity contribution < 1.29 is 24.5 Å². The summed E-state index contributed by atoms with van der Waals surface area (Å²) in [7, 11) is 0. The number of hydrogen-bond donors (Lipinski definition) is 2. The highest BCUT2D eigenvalue weighted by Crippen LogP contribution is 2.56. The van der Waals surface area contributed by atoms with Crippen LogP contribution >= 0.6 is 0 Å². The number of esters is 1. The number of rotatable bonds is 2. The SMILES string of the molecule is CC(=O)O[C@@H]1CC[C@](C)(O)[C@@H]2C(=O)[C@H](C(C)(C)O)CC[C@]21C. The van der Waals surface area contributed by atoms with Crippen LogP contribution in [-0.4, -0.2) is 39.3 Å². The van der Waals surface area contributed by atoms with Crippen LogP contribution in [0.5, 0.6) is 0 Å². The number of carbonyl (C=O) groups is 2. The summed E-state index contributed by atoms with van der Waals surface area (Å²) in [5.74, 6) is -1.58. The maximum absolute atomic E-state index is 13.0. The zero-order valence-corrected chi connectivity index (χ0v) is 14.2. The second kappa shape index (κ2) is 5.31. The van der Waals surface area contributed by atoms with Crippen LogP contribution < -0.4 is 0 Å². The van der Waals surface area contributed by atoms with Crippen LogP contribution in [0, 0.1) is 17.3 Å². The molecular formula is C17H28O5. The molecule has 0 amide bonds. The number of ether oxygens (including phenoxy) is 1. The topological polar surface area (TPSA) is 83.8 Å². The zero-order chi connectivity index (χ0) is 16.9. The van der Waals surface area contributed by atoms with E-state index in [1.165, 1.54) is 6.92 Å². The molecule has 5 nitrogen and oxygen atoms in total. The van der Waals surface area contributed by atoms with Crippen molar-refractivity contribution in [3.05, 3.63) is 0 Å². The first kappa shape index (κ1) is 17.4. The van der Waals surface area contributed by atoms with Crippen molar-refractivity contribution in [3.63, 3.8) is 0 Å². The van der Waals surface area contributed by atoms with Crippen LogP contribution in [0.2, 0.25) is 0 Å². The number of aliphatic hydroxyl groups is 2. The van der Waals surface area contributed by atoms with Gasteiger partial charge in [-0.3, -0.25) is 9.59 Å². The first-order valence-electron chi connectivity index (χ1n) is 8.05. The Hall–Kier alpha value is -0.940. The molecule has 2 fully saturated rings. The molecule has 5 atom stereocenters. The highest BCUT2D eigenvalue weighted by atomic mass is 16.5. The van der Waals surface area contributed by atoms with Gasteiger partial charge in [0.15, 0.2) is 0 Å². The van der Waals surface area contributed by atoms with Gasteiger partial charge in [0.2, 0.25) is 0 Å². The van der Waals surface area contributed by atoms with Gasteiger partial charge in [0, 0.05) is 18.3 Å². The highest BCUT2D eigenvalue weighted by Gasteiger charge is 2.61. The predicted molar refractivity (Wildman–Crippen MR) is 81.0 cm³/mol. The average Bonchev–Trinajstić information content (AvgIpc) is 2.30. The van der Waals surface area contributed by atoms with Gasteiger partial charge >= 0.3 is 5.97 Å². The summed E-state index contributed by atoms with van der Waals surface area (Å²) in [5, 5.41) is 21.1. The van der Waals surface area contributed by atoms with E-state index in [1.54, 1.807) is 20.8 Å². The molecule has 0 spiro atoms. The molecule has 0 unspecified atom stereocenters. The lowest BCUT2D eigenvalue weighted by Gasteiger charge is -2.56. The van der Waals surface area contributed by atoms with Crippen molar-refractivity contribution in [2.24, 2.45) is 17.3 Å². The molecule has 0 saturated heterocycles. The molecule has 0 aliphatic heterocycles. The number of ketones is 1. The summed E-state index contributed by atoms with van der Waals surface area (Å²) in [6.45, 7) is 8.26. The number of carbonyl (C=O) groups excluding carboxylic acids is 2. The standard InChI is InChI=1S/C17H28O5/c1-10(18)22-12-7-9-17(5,21)14-13(19)11(15(2,3)20)6-8-16(12,14)4/h11-12,14,20-21H,6-9H2,1-5H3/t11-,12-,14-,16+,17+/m1/s1. The average molecular weight is 312 g/mol. The Labute approximate surface area is 132 Å². The molecule has 2 saturated carbocycles. The highest BCUT2D eigenvalue weighted by molar-refractivity contribution is 5.87. The van der Waals surface area contributed by atoms with Gasteiger partial charge in [-0.15, -0.1) is 0 Å². The summed E-state index contributed by atoms with van der Waals surface area (Å²) in [4.78, 5) is 24.4. The van der Waals surface area contributed by atoms with Gasteiger partial charge in [0.05, 0.1) is 17.1 Å². The van der Waals surface area contributed by atoms with Crippen molar-refractivity contribution in [2.75, 3.05) is 0 Å². The van der Waals surface area contributed by atoms with E-state index in [1.807, 2.05) is 6.92 Å². The Bertz CT molecular complexity index is 476. The van der Waals surface area contributed by atoms with E-state index in [4.69, 9.17) is 4.74 Å². The van der Waals surface area contributed by atoms with E-state index in [-0.39, 0.29) is 17.9 Å². The molecule has 0 radical (unpaired) electrons. The van der Waals surface area contributed by atoms with Crippen LogP contribution in [0.15, 0.2) is 0 Å². The van der Waals surface area contributed by atoms with E-state index in [0.29, 0.717) is 25.7 Å². The summed E-state index contributed by atoms with van der Waals surface area (Å²) >= 11 is 0. The Balaban J connectivity index is 2.40. The van der Waals surface area contributed by atoms with Gasteiger partial charge in [-0.1, -0.05) is 6.92 Å². The molecule has 2 aliphatic carbocycles. The van der Waals surface area contributed by atoms with Crippen LogP contribution in [0.4, 0.5) is 0 Å². The lowest BCUT2D eigenvalue weighted by molar-refractivity contribution is -0.202. The van der Waals surface area contributed by atoms with Crippen molar-refractivity contribution in [3.8, 4) is 0 Å². The number of fused-ring (bicyclic) bond motifs is 1. The van der Waals surface area contributed by atoms with E-state index in [2.05, 4.69) is 0 Å². The maximum atomic E-state index is 13.0. The maximum Gasteiger partial charge on any atom is 0.302 e. The van der Waals surface area contributed by atoms with E-state index >= 15 is 0 Å². The number of hydrogen-bond acceptors (Lipinski definition) is 5. The molecule has 2 aliphatic rings. The summed E-state index contributed by atoms with van der Waals surface area (Å²) in [6, 6.07) is 0. The Kier molecular flexibility index (Phi) is 4.20. The van der Waals surface area contributed by atoms with Gasteiger partial charge in [-0.2, -0.15) is 0 Å². The Morgan fingerprint density at radius 3 is 2.36 bits per heavy atom. The van der Waals surface area contributed by atoms with Gasteiger partial charge in [0.25, 0.3) is 0 Å². The van der Waals surface area contributed by atoms with E-state index in [0.717, 1.165) is 0 Å². The first-order valence-corrected chi connectivity index (χ1v) is 8.05. The summed E-state index contributed by atoms with van der Waals surface area (Å²) in [5.41, 5.74) is -2.82. The third-order valence-corrected chi connectivity index (χ3v) is 5.69. The molecule has 0 bridgehead atoms. The Morgan fingerprint density at radius 1 is 1.27 bits per heavy atom. The zero-order valence-electron chi connectivity index (χ0n) is 14.2. The molecular weight excluding hydrogens is 284 g/mol. The molecule has 0 heterocycles. The minimum Gasteiger partial charge on any atom is -0.462 e. The molecule has 0 aromatic rings. The van der Waals surface area contributed by atoms with Crippen molar-refractivity contribution in [1.82, 2.24) is 0 Å². The van der Waals surface area contributed by atoms with Crippen molar-refractivity contribution in [1.29, 1.82) is 0 Å². The normalized spacial score (nSPS) is 42.7. The van der Waals surface area contributed by atoms with Crippen LogP contribution in [0.3, 0.4) is 0 Å². The largest absolute Gasteiger partial charge is 0.462 e. The van der Waals surface area contributed by atoms with Crippen molar-refractivity contribution in [2.45, 2.75) is 77.6 Å². The lowest BCUT2D eigenvalue weighted by Crippen LogP contribution is -2.63. The lowest BCUT2D eigenvalue weighted by atomic mass is 9.50. The van der Waals surface area contributed by atoms with Gasteiger partial charge in [0.1, 0.15) is 11.9 Å². The fraction of sp³-hybridized carbons (Fsp3) is 0.882. The summed E-state index contributed by atoms with van der Waals surface area (Å²) in [6.07, 6.45) is 1.80. The summed E-state index contributed by atoms with van der Waals surface area (Å²) < 4.78 is 5.46. The monoisotopic (exact) mass is 312 g/mol. The molecule has 0 aromatic carbocycles. The second-order valence-corrected chi connectivity index (χ2v) is 8.08. The minimum absolute atomic E-state index is 0.108. The third kappa shape index (κ3) is 2.81. The van der Waals surface area contributed by atoms with Crippen molar-refractivity contribution >= 4 is 11.8 Å². The predicted octanol–water partition coefficient (Wildman–Crippen LogP) is 1.84. The molecule has 5 heteroatoms. The van der Waals surface area contributed by atoms with Crippen LogP contribution in [0.1, 0.15) is 60.3 Å². The van der Waals surface area contributed by atoms with Gasteiger partial charge < -0.3 is 14.9 Å². The molecule has 126 valence electrons. The van der Waals surface area contributed by atoms with Gasteiger partial charge in [-0.25, -0.2) is 0 Å².